The van der Waals surface area contributed by atoms with Gasteiger partial charge in [-0.1, -0.05) is 6.07 Å². The van der Waals surface area contributed by atoms with E-state index in [0.29, 0.717) is 19.6 Å². The molecule has 6 heteroatoms. The predicted octanol–water partition coefficient (Wildman–Crippen LogP) is 5.25. The van der Waals surface area contributed by atoms with E-state index >= 15 is 0 Å². The number of aromatic nitrogens is 4. The van der Waals surface area contributed by atoms with Gasteiger partial charge in [0.05, 0.1) is 12.4 Å². The number of nitrogens with zero attached hydrogens (tertiary/aromatic N) is 4. The Bertz CT molecular complexity index is 1090. The maximum atomic E-state index is 12.6. The number of pyridine rings is 2. The minimum atomic E-state index is -0.360. The average Bonchev–Trinajstić information content (AvgIpc) is 3.21. The van der Waals surface area contributed by atoms with Crippen LogP contribution in [0.4, 0.5) is 4.39 Å². The summed E-state index contributed by atoms with van der Waals surface area (Å²) in [7, 11) is 0. The van der Waals surface area contributed by atoms with Gasteiger partial charge in [-0.05, 0) is 67.4 Å². The summed E-state index contributed by atoms with van der Waals surface area (Å²) in [5.74, 6) is 0.768. The van der Waals surface area contributed by atoms with Gasteiger partial charge in [-0.2, -0.15) is 5.10 Å². The number of rotatable bonds is 8. The van der Waals surface area contributed by atoms with Gasteiger partial charge in [0.2, 0.25) is 0 Å². The van der Waals surface area contributed by atoms with Gasteiger partial charge in [0, 0.05) is 42.0 Å². The van der Waals surface area contributed by atoms with Gasteiger partial charge in [0.15, 0.2) is 0 Å². The molecule has 0 amide bonds. The van der Waals surface area contributed by atoms with E-state index in [-0.39, 0.29) is 6.67 Å². The molecule has 0 fully saturated rings. The SMILES string of the molecule is Cc1cccc(COc2ccc(-c3nn(CCCF)cc3-c3ccncc3)cc2)n1. The lowest BCUT2D eigenvalue weighted by atomic mass is 10.0. The highest BCUT2D eigenvalue weighted by molar-refractivity contribution is 5.80. The first-order chi connectivity index (χ1) is 14.7. The average molecular weight is 402 g/mol. The van der Waals surface area contributed by atoms with Crippen molar-refractivity contribution in [1.29, 1.82) is 0 Å². The number of ether oxygens (including phenoxy) is 1. The van der Waals surface area contributed by atoms with E-state index in [2.05, 4.69) is 9.97 Å². The minimum Gasteiger partial charge on any atom is -0.487 e. The Morgan fingerprint density at radius 2 is 1.77 bits per heavy atom. The molecule has 30 heavy (non-hydrogen) atoms. The number of benzene rings is 1. The van der Waals surface area contributed by atoms with Crippen LogP contribution in [-0.2, 0) is 13.2 Å². The second-order valence-corrected chi connectivity index (χ2v) is 7.02. The van der Waals surface area contributed by atoms with Crippen molar-refractivity contribution in [3.05, 3.63) is 84.6 Å². The smallest absolute Gasteiger partial charge is 0.130 e. The van der Waals surface area contributed by atoms with Crippen molar-refractivity contribution in [2.24, 2.45) is 0 Å². The molecule has 0 aliphatic heterocycles. The summed E-state index contributed by atoms with van der Waals surface area (Å²) in [6.45, 7) is 2.56. The molecule has 4 aromatic rings. The minimum absolute atomic E-state index is 0.360. The summed E-state index contributed by atoms with van der Waals surface area (Å²) >= 11 is 0. The summed E-state index contributed by atoms with van der Waals surface area (Å²) in [4.78, 5) is 8.55. The van der Waals surface area contributed by atoms with Crippen LogP contribution in [0.5, 0.6) is 5.75 Å². The first kappa shape index (κ1) is 19.8. The predicted molar refractivity (Wildman–Crippen MR) is 115 cm³/mol. The van der Waals surface area contributed by atoms with E-state index in [9.17, 15) is 4.39 Å². The van der Waals surface area contributed by atoms with Crippen molar-refractivity contribution in [3.8, 4) is 28.1 Å². The molecule has 0 atom stereocenters. The quantitative estimate of drug-likeness (QED) is 0.404. The second kappa shape index (κ2) is 9.31. The molecule has 4 rings (SSSR count). The number of alkyl halides is 1. The Balaban J connectivity index is 1.56. The molecular formula is C24H23FN4O. The molecule has 5 nitrogen and oxygen atoms in total. The standard InChI is InChI=1S/C24H23FN4O/c1-18-4-2-5-21(27-18)17-30-22-8-6-20(7-9-22)24-23(19-10-13-26-14-11-19)16-29(28-24)15-3-12-25/h2,4-11,13-14,16H,3,12,15,17H2,1H3. The first-order valence-corrected chi connectivity index (χ1v) is 9.92. The Morgan fingerprint density at radius 3 is 2.50 bits per heavy atom. The topological polar surface area (TPSA) is 52.8 Å². The highest BCUT2D eigenvalue weighted by atomic mass is 19.1. The summed E-state index contributed by atoms with van der Waals surface area (Å²) < 4.78 is 20.3. The van der Waals surface area contributed by atoms with Gasteiger partial charge < -0.3 is 4.74 Å². The monoisotopic (exact) mass is 402 g/mol. The maximum Gasteiger partial charge on any atom is 0.130 e. The Hall–Kier alpha value is -3.54. The highest BCUT2D eigenvalue weighted by Crippen LogP contribution is 2.32. The zero-order valence-electron chi connectivity index (χ0n) is 16.8. The molecule has 0 aliphatic rings. The van der Waals surface area contributed by atoms with E-state index in [1.54, 1.807) is 17.1 Å². The fraction of sp³-hybridized carbons (Fsp3) is 0.208. The second-order valence-electron chi connectivity index (χ2n) is 7.02. The van der Waals surface area contributed by atoms with Gasteiger partial charge in [0.25, 0.3) is 0 Å². The molecular weight excluding hydrogens is 379 g/mol. The van der Waals surface area contributed by atoms with Crippen LogP contribution in [0.2, 0.25) is 0 Å². The van der Waals surface area contributed by atoms with Crippen molar-refractivity contribution in [3.63, 3.8) is 0 Å². The van der Waals surface area contributed by atoms with E-state index in [1.165, 1.54) is 0 Å². The van der Waals surface area contributed by atoms with E-state index in [0.717, 1.165) is 39.5 Å². The molecule has 0 bridgehead atoms. The van der Waals surface area contributed by atoms with Crippen molar-refractivity contribution in [2.45, 2.75) is 26.5 Å². The summed E-state index contributed by atoms with van der Waals surface area (Å²) in [5.41, 5.74) is 5.71. The molecule has 0 unspecified atom stereocenters. The molecule has 0 radical (unpaired) electrons. The number of hydrogen-bond acceptors (Lipinski definition) is 4. The first-order valence-electron chi connectivity index (χ1n) is 9.92. The van der Waals surface area contributed by atoms with Crippen LogP contribution in [0.25, 0.3) is 22.4 Å². The van der Waals surface area contributed by atoms with Gasteiger partial charge in [-0.25, -0.2) is 0 Å². The van der Waals surface area contributed by atoms with Gasteiger partial charge in [0.1, 0.15) is 18.1 Å². The van der Waals surface area contributed by atoms with E-state index in [4.69, 9.17) is 9.84 Å². The zero-order chi connectivity index (χ0) is 20.8. The maximum absolute atomic E-state index is 12.6. The fourth-order valence-electron chi connectivity index (χ4n) is 3.26. The van der Waals surface area contributed by atoms with Crippen LogP contribution in [0.15, 0.2) is 73.2 Å². The van der Waals surface area contributed by atoms with Gasteiger partial charge in [-0.3, -0.25) is 19.0 Å². The Morgan fingerprint density at radius 1 is 0.967 bits per heavy atom. The molecule has 0 saturated carbocycles. The van der Waals surface area contributed by atoms with E-state index in [1.807, 2.05) is 67.7 Å². The molecule has 0 saturated heterocycles. The Kier molecular flexibility index (Phi) is 6.13. The third-order valence-corrected chi connectivity index (χ3v) is 4.73. The molecule has 1 aromatic carbocycles. The zero-order valence-corrected chi connectivity index (χ0v) is 16.8. The lowest BCUT2D eigenvalue weighted by Crippen LogP contribution is -1.99. The van der Waals surface area contributed by atoms with Crippen molar-refractivity contribution in [2.75, 3.05) is 6.67 Å². The summed E-state index contributed by atoms with van der Waals surface area (Å²) in [6, 6.07) is 17.6. The lowest BCUT2D eigenvalue weighted by molar-refractivity contribution is 0.301. The third-order valence-electron chi connectivity index (χ3n) is 4.73. The van der Waals surface area contributed by atoms with Crippen LogP contribution in [0.3, 0.4) is 0 Å². The van der Waals surface area contributed by atoms with Crippen molar-refractivity contribution < 1.29 is 9.13 Å². The van der Waals surface area contributed by atoms with Crippen LogP contribution in [0, 0.1) is 6.92 Å². The normalized spacial score (nSPS) is 10.9. The summed E-state index contributed by atoms with van der Waals surface area (Å²) in [5, 5.41) is 4.71. The number of aryl methyl sites for hydroxylation is 2. The van der Waals surface area contributed by atoms with E-state index < -0.39 is 0 Å². The lowest BCUT2D eigenvalue weighted by Gasteiger charge is -2.08. The molecule has 0 N–H and O–H groups in total. The largest absolute Gasteiger partial charge is 0.487 e. The summed E-state index contributed by atoms with van der Waals surface area (Å²) in [6.07, 6.45) is 5.92. The molecule has 3 aromatic heterocycles. The van der Waals surface area contributed by atoms with Crippen LogP contribution >= 0.6 is 0 Å². The highest BCUT2D eigenvalue weighted by Gasteiger charge is 2.13. The fourth-order valence-corrected chi connectivity index (χ4v) is 3.26. The molecule has 0 aliphatic carbocycles. The molecule has 152 valence electrons. The van der Waals surface area contributed by atoms with Crippen LogP contribution < -0.4 is 4.74 Å². The molecule has 3 heterocycles. The number of halogens is 1. The van der Waals surface area contributed by atoms with Gasteiger partial charge >= 0.3 is 0 Å². The van der Waals surface area contributed by atoms with Crippen LogP contribution in [0.1, 0.15) is 17.8 Å². The number of hydrogen-bond donors (Lipinski definition) is 0. The Labute approximate surface area is 175 Å². The molecule has 0 spiro atoms. The third kappa shape index (κ3) is 4.71. The van der Waals surface area contributed by atoms with Crippen molar-refractivity contribution in [1.82, 2.24) is 19.7 Å². The van der Waals surface area contributed by atoms with Gasteiger partial charge in [-0.15, -0.1) is 0 Å². The van der Waals surface area contributed by atoms with Crippen molar-refractivity contribution >= 4 is 0 Å². The van der Waals surface area contributed by atoms with Crippen LogP contribution in [-0.4, -0.2) is 26.4 Å².